The highest BCUT2D eigenvalue weighted by atomic mass is 16.7. The molecule has 11 nitrogen and oxygen atoms in total. The van der Waals surface area contributed by atoms with E-state index in [0.717, 1.165) is 0 Å². The SMILES string of the molecule is OC[C@@H](O)[C@H](O)[C@@H](O)[C@@H](O)CO[C@@H]1O[C@@H](CO)[C@H](O)[C@@H](O)[C@@H]1O. The molecule has 1 aliphatic heterocycles. The average molecular weight is 344 g/mol. The highest BCUT2D eigenvalue weighted by molar-refractivity contribution is 4.89. The van der Waals surface area contributed by atoms with Crippen molar-refractivity contribution in [1.29, 1.82) is 0 Å². The summed E-state index contributed by atoms with van der Waals surface area (Å²) in [7, 11) is 0. The topological polar surface area (TPSA) is 201 Å². The summed E-state index contributed by atoms with van der Waals surface area (Å²) in [6, 6.07) is 0. The van der Waals surface area contributed by atoms with Gasteiger partial charge in [-0.2, -0.15) is 0 Å². The van der Waals surface area contributed by atoms with Crippen molar-refractivity contribution in [3.8, 4) is 0 Å². The first-order valence-electron chi connectivity index (χ1n) is 6.99. The number of ether oxygens (including phenoxy) is 2. The van der Waals surface area contributed by atoms with Gasteiger partial charge in [-0.3, -0.25) is 0 Å². The van der Waals surface area contributed by atoms with E-state index in [2.05, 4.69) is 0 Å². The molecule has 0 aromatic rings. The molecule has 0 aromatic carbocycles. The van der Waals surface area contributed by atoms with Crippen LogP contribution in [0.5, 0.6) is 0 Å². The fourth-order valence-corrected chi connectivity index (χ4v) is 2.06. The van der Waals surface area contributed by atoms with Crippen molar-refractivity contribution in [2.75, 3.05) is 19.8 Å². The van der Waals surface area contributed by atoms with Crippen LogP contribution in [0.2, 0.25) is 0 Å². The highest BCUT2D eigenvalue weighted by Crippen LogP contribution is 2.22. The lowest BCUT2D eigenvalue weighted by molar-refractivity contribution is -0.306. The molecule has 0 amide bonds. The van der Waals surface area contributed by atoms with Gasteiger partial charge >= 0.3 is 0 Å². The Morgan fingerprint density at radius 2 is 1.39 bits per heavy atom. The van der Waals surface area contributed by atoms with E-state index in [1.54, 1.807) is 0 Å². The molecule has 0 unspecified atom stereocenters. The second-order valence-electron chi connectivity index (χ2n) is 5.33. The van der Waals surface area contributed by atoms with Gasteiger partial charge in [-0.15, -0.1) is 0 Å². The lowest BCUT2D eigenvalue weighted by Gasteiger charge is -2.40. The second-order valence-corrected chi connectivity index (χ2v) is 5.33. The Labute approximate surface area is 131 Å². The minimum atomic E-state index is -1.86. The van der Waals surface area contributed by atoms with Gasteiger partial charge in [0.15, 0.2) is 6.29 Å². The molecule has 1 fully saturated rings. The van der Waals surface area contributed by atoms with Crippen molar-refractivity contribution in [3.63, 3.8) is 0 Å². The Morgan fingerprint density at radius 3 is 1.91 bits per heavy atom. The third-order valence-electron chi connectivity index (χ3n) is 3.61. The predicted molar refractivity (Wildman–Crippen MR) is 70.8 cm³/mol. The standard InChI is InChI=1S/C12H24O11/c13-1-4(15)7(17)8(18)5(16)3-22-12-11(21)10(20)9(19)6(2-14)23-12/h4-21H,1-3H2/t4-,5+,6+,7+,8+,9+,10-,11+,12-/m1/s1. The van der Waals surface area contributed by atoms with E-state index < -0.39 is 74.9 Å². The van der Waals surface area contributed by atoms with Crippen molar-refractivity contribution in [1.82, 2.24) is 0 Å². The third kappa shape index (κ3) is 5.01. The molecule has 0 saturated carbocycles. The van der Waals surface area contributed by atoms with Gasteiger partial charge in [0.25, 0.3) is 0 Å². The van der Waals surface area contributed by atoms with Crippen LogP contribution in [-0.4, -0.2) is 121 Å². The Kier molecular flexibility index (Phi) is 8.20. The molecular formula is C12H24O11. The third-order valence-corrected chi connectivity index (χ3v) is 3.61. The Hall–Kier alpha value is -0.440. The zero-order valence-corrected chi connectivity index (χ0v) is 12.2. The summed E-state index contributed by atoms with van der Waals surface area (Å²) >= 11 is 0. The summed E-state index contributed by atoms with van der Waals surface area (Å²) in [5, 5.41) is 84.4. The van der Waals surface area contributed by atoms with Crippen molar-refractivity contribution < 1.29 is 55.4 Å². The number of rotatable bonds is 8. The maximum absolute atomic E-state index is 9.70. The van der Waals surface area contributed by atoms with Crippen LogP contribution in [-0.2, 0) is 9.47 Å². The first-order valence-corrected chi connectivity index (χ1v) is 6.99. The van der Waals surface area contributed by atoms with Crippen LogP contribution in [0, 0.1) is 0 Å². The summed E-state index contributed by atoms with van der Waals surface area (Å²) in [4.78, 5) is 0. The zero-order chi connectivity index (χ0) is 17.7. The van der Waals surface area contributed by atoms with Crippen LogP contribution in [0.4, 0.5) is 0 Å². The van der Waals surface area contributed by atoms with Gasteiger partial charge in [0.05, 0.1) is 19.8 Å². The van der Waals surface area contributed by atoms with Gasteiger partial charge in [-0.05, 0) is 0 Å². The molecule has 1 aliphatic rings. The molecule has 0 radical (unpaired) electrons. The number of hydrogen-bond acceptors (Lipinski definition) is 11. The van der Waals surface area contributed by atoms with E-state index in [1.807, 2.05) is 0 Å². The number of aliphatic hydroxyl groups excluding tert-OH is 9. The van der Waals surface area contributed by atoms with Crippen molar-refractivity contribution in [2.45, 2.75) is 55.1 Å². The largest absolute Gasteiger partial charge is 0.394 e. The number of hydrogen-bond donors (Lipinski definition) is 9. The van der Waals surface area contributed by atoms with Gasteiger partial charge in [0.2, 0.25) is 0 Å². The normalized spacial score (nSPS) is 37.2. The van der Waals surface area contributed by atoms with Gasteiger partial charge in [-0.25, -0.2) is 0 Å². The van der Waals surface area contributed by atoms with Crippen LogP contribution < -0.4 is 0 Å². The molecule has 9 atom stereocenters. The molecular weight excluding hydrogens is 320 g/mol. The first kappa shape index (κ1) is 20.6. The molecule has 0 aromatic heterocycles. The molecule has 138 valence electrons. The van der Waals surface area contributed by atoms with E-state index >= 15 is 0 Å². The van der Waals surface area contributed by atoms with E-state index in [1.165, 1.54) is 0 Å². The molecule has 11 heteroatoms. The lowest BCUT2D eigenvalue weighted by atomic mass is 9.99. The fourth-order valence-electron chi connectivity index (χ4n) is 2.06. The average Bonchev–Trinajstić information content (AvgIpc) is 2.56. The van der Waals surface area contributed by atoms with Gasteiger partial charge in [-0.1, -0.05) is 0 Å². The minimum absolute atomic E-state index is 0.655. The van der Waals surface area contributed by atoms with E-state index in [9.17, 15) is 35.7 Å². The van der Waals surface area contributed by atoms with Crippen LogP contribution in [0.15, 0.2) is 0 Å². The highest BCUT2D eigenvalue weighted by Gasteiger charge is 2.44. The predicted octanol–water partition coefficient (Wildman–Crippen LogP) is -5.76. The molecule has 0 bridgehead atoms. The number of aliphatic hydroxyl groups is 9. The van der Waals surface area contributed by atoms with Crippen molar-refractivity contribution in [3.05, 3.63) is 0 Å². The van der Waals surface area contributed by atoms with E-state index in [4.69, 9.17) is 19.7 Å². The summed E-state index contributed by atoms with van der Waals surface area (Å²) in [6.45, 7) is -2.16. The van der Waals surface area contributed by atoms with Crippen LogP contribution in [0.1, 0.15) is 0 Å². The molecule has 23 heavy (non-hydrogen) atoms. The summed E-state index contributed by atoms with van der Waals surface area (Å²) in [6.07, 6.45) is -14.7. The molecule has 0 spiro atoms. The quantitative estimate of drug-likeness (QED) is 0.203. The Morgan fingerprint density at radius 1 is 0.826 bits per heavy atom. The fraction of sp³-hybridized carbons (Fsp3) is 1.00. The summed E-state index contributed by atoms with van der Waals surface area (Å²) in [5.41, 5.74) is 0. The lowest BCUT2D eigenvalue weighted by Crippen LogP contribution is -2.59. The Bertz CT molecular complexity index is 341. The summed E-state index contributed by atoms with van der Waals surface area (Å²) in [5.74, 6) is 0. The molecule has 1 rings (SSSR count). The molecule has 1 saturated heterocycles. The first-order chi connectivity index (χ1) is 10.7. The molecule has 9 N–H and O–H groups in total. The smallest absolute Gasteiger partial charge is 0.186 e. The zero-order valence-electron chi connectivity index (χ0n) is 12.2. The van der Waals surface area contributed by atoms with E-state index in [0.29, 0.717) is 0 Å². The van der Waals surface area contributed by atoms with Gasteiger partial charge < -0.3 is 55.4 Å². The minimum Gasteiger partial charge on any atom is -0.394 e. The molecule has 0 aliphatic carbocycles. The maximum Gasteiger partial charge on any atom is 0.186 e. The van der Waals surface area contributed by atoms with Crippen LogP contribution in [0.3, 0.4) is 0 Å². The van der Waals surface area contributed by atoms with Crippen LogP contribution >= 0.6 is 0 Å². The monoisotopic (exact) mass is 344 g/mol. The second kappa shape index (κ2) is 9.15. The maximum atomic E-state index is 9.70. The van der Waals surface area contributed by atoms with Gasteiger partial charge in [0.1, 0.15) is 48.8 Å². The summed E-state index contributed by atoms with van der Waals surface area (Å²) < 4.78 is 9.99. The molecule has 1 heterocycles. The van der Waals surface area contributed by atoms with Crippen LogP contribution in [0.25, 0.3) is 0 Å². The van der Waals surface area contributed by atoms with E-state index in [-0.39, 0.29) is 0 Å². The van der Waals surface area contributed by atoms with Gasteiger partial charge in [0, 0.05) is 0 Å². The Balaban J connectivity index is 2.55. The van der Waals surface area contributed by atoms with Crippen molar-refractivity contribution >= 4 is 0 Å². The van der Waals surface area contributed by atoms with Crippen molar-refractivity contribution in [2.24, 2.45) is 0 Å².